The van der Waals surface area contributed by atoms with Crippen molar-refractivity contribution in [1.29, 1.82) is 0 Å². The predicted octanol–water partition coefficient (Wildman–Crippen LogP) is -2.02. The van der Waals surface area contributed by atoms with Crippen LogP contribution < -0.4 is 0 Å². The fraction of sp³-hybridized carbons (Fsp3) is 0.500. The van der Waals surface area contributed by atoms with E-state index in [0.29, 0.717) is 0 Å². The zero-order valence-electron chi connectivity index (χ0n) is 8.66. The second-order valence-electron chi connectivity index (χ2n) is 2.98. The van der Waals surface area contributed by atoms with Crippen LogP contribution in [0.15, 0.2) is 0 Å². The van der Waals surface area contributed by atoms with Crippen molar-refractivity contribution in [3.8, 4) is 0 Å². The molecule has 5 N–H and O–H groups in total. The Hall–Kier alpha value is -1.52. The van der Waals surface area contributed by atoms with Gasteiger partial charge in [0.25, 0.3) is 0 Å². The van der Waals surface area contributed by atoms with Gasteiger partial charge in [-0.1, -0.05) is 0 Å². The molecule has 0 rings (SSSR count). The number of nitrogens with zero attached hydrogens (tertiary/aromatic N) is 1. The third-order valence-corrected chi connectivity index (χ3v) is 1.93. The van der Waals surface area contributed by atoms with Crippen LogP contribution in [0.4, 0.5) is 0 Å². The first kappa shape index (κ1) is 16.5. The number of carboxylic acid groups (broad SMARTS) is 3. The minimum atomic E-state index is -5.22. The molecule has 12 heteroatoms. The number of aliphatic carboxylic acids is 3. The summed E-state index contributed by atoms with van der Waals surface area (Å²) < 4.78 is 14.3. The highest BCUT2D eigenvalue weighted by atomic mass is 31.2. The van der Waals surface area contributed by atoms with Crippen LogP contribution in [0.1, 0.15) is 0 Å². The van der Waals surface area contributed by atoms with E-state index in [-0.39, 0.29) is 4.90 Å². The minimum absolute atomic E-state index is 0.228. The molecule has 0 bridgehead atoms. The van der Waals surface area contributed by atoms with Crippen LogP contribution in [0, 0.1) is 0 Å². The molecule has 0 fully saturated rings. The Kier molecular flexibility index (Phi) is 5.88. The smallest absolute Gasteiger partial charge is 0.471 e. The first-order chi connectivity index (χ1) is 8.03. The maximum absolute atomic E-state index is 10.7. The molecule has 0 aromatic carbocycles. The Bertz CT molecular complexity index is 372. The highest BCUT2D eigenvalue weighted by Gasteiger charge is 2.35. The van der Waals surface area contributed by atoms with Crippen LogP contribution in [0.2, 0.25) is 0 Å². The molecule has 0 saturated carbocycles. The van der Waals surface area contributed by atoms with E-state index in [1.54, 1.807) is 0 Å². The van der Waals surface area contributed by atoms with Crippen molar-refractivity contribution in [2.75, 3.05) is 13.1 Å². The Labute approximate surface area is 99.4 Å². The van der Waals surface area contributed by atoms with Crippen LogP contribution in [-0.2, 0) is 23.5 Å². The van der Waals surface area contributed by atoms with E-state index >= 15 is 0 Å². The van der Waals surface area contributed by atoms with Crippen LogP contribution in [0.5, 0.6) is 0 Å². The third kappa shape index (κ3) is 6.93. The molecule has 1 unspecified atom stereocenters. The second kappa shape index (κ2) is 6.42. The van der Waals surface area contributed by atoms with Gasteiger partial charge in [-0.05, 0) is 0 Å². The summed E-state index contributed by atoms with van der Waals surface area (Å²) in [5, 5.41) is 25.5. The summed E-state index contributed by atoms with van der Waals surface area (Å²) in [7, 11) is -5.22. The Morgan fingerprint density at radius 2 is 1.44 bits per heavy atom. The maximum atomic E-state index is 10.7. The molecule has 0 aliphatic heterocycles. The molecule has 0 heterocycles. The van der Waals surface area contributed by atoms with Gasteiger partial charge in [-0.15, -0.1) is 0 Å². The van der Waals surface area contributed by atoms with Crippen molar-refractivity contribution in [3.63, 3.8) is 0 Å². The zero-order valence-corrected chi connectivity index (χ0v) is 9.56. The summed E-state index contributed by atoms with van der Waals surface area (Å²) in [6.07, 6.45) is -2.39. The molecule has 18 heavy (non-hydrogen) atoms. The highest BCUT2D eigenvalue weighted by Crippen LogP contribution is 2.38. The third-order valence-electron chi connectivity index (χ3n) is 1.46. The summed E-state index contributed by atoms with van der Waals surface area (Å²) in [6, 6.07) is 0. The molecule has 0 aromatic rings. The number of hydrogen-bond acceptors (Lipinski definition) is 6. The topological polar surface area (TPSA) is 182 Å². The van der Waals surface area contributed by atoms with Crippen LogP contribution in [0.25, 0.3) is 0 Å². The molecule has 0 spiro atoms. The van der Waals surface area contributed by atoms with Gasteiger partial charge in [-0.25, -0.2) is 14.3 Å². The monoisotopic (exact) mass is 287 g/mol. The first-order valence-electron chi connectivity index (χ1n) is 4.17. The highest BCUT2D eigenvalue weighted by molar-refractivity contribution is 7.46. The van der Waals surface area contributed by atoms with Gasteiger partial charge in [0.05, 0.1) is 13.1 Å². The fourth-order valence-corrected chi connectivity index (χ4v) is 1.45. The lowest BCUT2D eigenvalue weighted by molar-refractivity contribution is -0.161. The molecule has 11 nitrogen and oxygen atoms in total. The normalized spacial score (nSPS) is 13.3. The van der Waals surface area contributed by atoms with Crippen molar-refractivity contribution in [2.24, 2.45) is 0 Å². The summed E-state index contributed by atoms with van der Waals surface area (Å²) in [6.45, 7) is -2.16. The second-order valence-corrected chi connectivity index (χ2v) is 4.17. The molecule has 0 aliphatic rings. The summed E-state index contributed by atoms with van der Waals surface area (Å²) in [4.78, 5) is 48.6. The van der Waals surface area contributed by atoms with E-state index < -0.39 is 45.0 Å². The van der Waals surface area contributed by atoms with E-state index in [2.05, 4.69) is 4.52 Å². The quantitative estimate of drug-likeness (QED) is 0.245. The van der Waals surface area contributed by atoms with Gasteiger partial charge in [0.1, 0.15) is 0 Å². The van der Waals surface area contributed by atoms with Gasteiger partial charge in [-0.2, -0.15) is 0 Å². The van der Waals surface area contributed by atoms with E-state index in [9.17, 15) is 18.9 Å². The number of rotatable bonds is 8. The Morgan fingerprint density at radius 1 is 1.06 bits per heavy atom. The summed E-state index contributed by atoms with van der Waals surface area (Å²) >= 11 is 0. The largest absolute Gasteiger partial charge is 0.480 e. The van der Waals surface area contributed by atoms with Crippen molar-refractivity contribution in [3.05, 3.63) is 0 Å². The van der Waals surface area contributed by atoms with Gasteiger partial charge >= 0.3 is 25.7 Å². The van der Waals surface area contributed by atoms with Crippen molar-refractivity contribution >= 4 is 25.7 Å². The van der Waals surface area contributed by atoms with Gasteiger partial charge in [0.2, 0.25) is 6.23 Å². The predicted molar refractivity (Wildman–Crippen MR) is 51.4 cm³/mol. The molecule has 1 atom stereocenters. The maximum Gasteiger partial charge on any atom is 0.471 e. The molecule has 0 aliphatic carbocycles. The van der Waals surface area contributed by atoms with Gasteiger partial charge < -0.3 is 25.1 Å². The van der Waals surface area contributed by atoms with Gasteiger partial charge in [-0.3, -0.25) is 14.1 Å². The number of phosphoric ester groups is 1. The van der Waals surface area contributed by atoms with E-state index in [0.717, 1.165) is 0 Å². The van der Waals surface area contributed by atoms with E-state index in [1.165, 1.54) is 0 Å². The molecular formula is C6H10NO10P. The number of carbonyl (C=O) groups is 3. The SMILES string of the molecule is O=C(O)CN(CC(=O)O)C(OP(=O)(O)O)C(=O)O. The molecule has 0 saturated heterocycles. The molecule has 0 radical (unpaired) electrons. The minimum Gasteiger partial charge on any atom is -0.480 e. The lowest BCUT2D eigenvalue weighted by atomic mass is 10.4. The van der Waals surface area contributed by atoms with Crippen molar-refractivity contribution in [2.45, 2.75) is 6.23 Å². The standard InChI is InChI=1S/C6H10NO10P/c8-3(9)1-7(2-4(10)11)5(6(12)13)17-18(14,15)16/h5H,1-2H2,(H,8,9)(H,10,11)(H,12,13)(H2,14,15,16). The zero-order chi connectivity index (χ0) is 14.5. The number of carboxylic acids is 3. The van der Waals surface area contributed by atoms with E-state index in [4.69, 9.17) is 25.1 Å². The summed E-state index contributed by atoms with van der Waals surface area (Å²) in [5.41, 5.74) is 0. The van der Waals surface area contributed by atoms with Crippen LogP contribution in [0.3, 0.4) is 0 Å². The van der Waals surface area contributed by atoms with Gasteiger partial charge in [0.15, 0.2) is 0 Å². The molecular weight excluding hydrogens is 277 g/mol. The number of hydrogen-bond donors (Lipinski definition) is 5. The summed E-state index contributed by atoms with van der Waals surface area (Å²) in [5.74, 6) is -5.10. The molecule has 0 aromatic heterocycles. The van der Waals surface area contributed by atoms with Gasteiger partial charge in [0, 0.05) is 0 Å². The van der Waals surface area contributed by atoms with Crippen molar-refractivity contribution < 1.29 is 48.6 Å². The van der Waals surface area contributed by atoms with E-state index in [1.807, 2.05) is 0 Å². The molecule has 0 amide bonds. The van der Waals surface area contributed by atoms with Crippen LogP contribution >= 0.6 is 7.82 Å². The lowest BCUT2D eigenvalue weighted by Crippen LogP contribution is -2.47. The average molecular weight is 287 g/mol. The number of phosphoric acid groups is 1. The molecule has 104 valence electrons. The average Bonchev–Trinajstić information content (AvgIpc) is 2.09. The Balaban J connectivity index is 5.08. The first-order valence-corrected chi connectivity index (χ1v) is 5.70. The fourth-order valence-electron chi connectivity index (χ4n) is 0.967. The van der Waals surface area contributed by atoms with Crippen LogP contribution in [-0.4, -0.2) is 67.2 Å². The van der Waals surface area contributed by atoms with Crippen molar-refractivity contribution in [1.82, 2.24) is 4.90 Å². The Morgan fingerprint density at radius 3 is 1.67 bits per heavy atom. The lowest BCUT2D eigenvalue weighted by Gasteiger charge is -2.25.